The van der Waals surface area contributed by atoms with E-state index in [1.165, 1.54) is 0 Å². The normalized spacial score (nSPS) is 19.3. The van der Waals surface area contributed by atoms with Crippen LogP contribution in [0.5, 0.6) is 0 Å². The molecule has 0 saturated carbocycles. The summed E-state index contributed by atoms with van der Waals surface area (Å²) in [5.74, 6) is -0.517. The summed E-state index contributed by atoms with van der Waals surface area (Å²) < 4.78 is 0. The molecule has 1 aromatic rings. The molecule has 1 aliphatic rings. The molecule has 2 heterocycles. The van der Waals surface area contributed by atoms with E-state index in [0.717, 1.165) is 12.8 Å². The van der Waals surface area contributed by atoms with Gasteiger partial charge in [-0.25, -0.2) is 14.8 Å². The highest BCUT2D eigenvalue weighted by Gasteiger charge is 2.30. The number of nitriles is 1. The molecule has 18 heavy (non-hydrogen) atoms. The first-order valence-corrected chi connectivity index (χ1v) is 5.87. The van der Waals surface area contributed by atoms with Gasteiger partial charge in [0.1, 0.15) is 17.8 Å². The highest BCUT2D eigenvalue weighted by atomic mass is 16.4. The molecule has 0 aliphatic carbocycles. The number of aryl methyl sites for hydroxylation is 1. The Morgan fingerprint density at radius 2 is 2.33 bits per heavy atom. The van der Waals surface area contributed by atoms with E-state index in [4.69, 9.17) is 5.26 Å². The quantitative estimate of drug-likeness (QED) is 0.840. The smallest absolute Gasteiger partial charge is 0.326 e. The molecule has 94 valence electrons. The van der Waals surface area contributed by atoms with Crippen molar-refractivity contribution < 1.29 is 9.90 Å². The van der Waals surface area contributed by atoms with Gasteiger partial charge in [0, 0.05) is 12.2 Å². The lowest BCUT2D eigenvalue weighted by molar-refractivity contribution is -0.139. The number of carboxylic acids is 1. The lowest BCUT2D eigenvalue weighted by Crippen LogP contribution is -2.45. The Balaban J connectivity index is 2.36. The van der Waals surface area contributed by atoms with Gasteiger partial charge in [-0.1, -0.05) is 0 Å². The van der Waals surface area contributed by atoms with Crippen LogP contribution in [0.2, 0.25) is 0 Å². The van der Waals surface area contributed by atoms with Gasteiger partial charge in [0.15, 0.2) is 0 Å². The molecule has 1 saturated heterocycles. The average Bonchev–Trinajstić information content (AvgIpc) is 2.38. The number of aliphatic carboxylic acids is 1. The first-order chi connectivity index (χ1) is 8.61. The number of aromatic nitrogens is 2. The van der Waals surface area contributed by atoms with Crippen LogP contribution in [-0.4, -0.2) is 33.6 Å². The number of carboxylic acid groups (broad SMARTS) is 1. The van der Waals surface area contributed by atoms with Crippen LogP contribution in [0.3, 0.4) is 0 Å². The summed E-state index contributed by atoms with van der Waals surface area (Å²) in [4.78, 5) is 21.2. The van der Waals surface area contributed by atoms with E-state index in [0.29, 0.717) is 24.6 Å². The van der Waals surface area contributed by atoms with Gasteiger partial charge in [-0.15, -0.1) is 0 Å². The van der Waals surface area contributed by atoms with Crippen LogP contribution in [0.25, 0.3) is 0 Å². The third-order valence-electron chi connectivity index (χ3n) is 3.00. The molecule has 0 spiro atoms. The highest BCUT2D eigenvalue weighted by Crippen LogP contribution is 2.22. The number of hydrogen-bond acceptors (Lipinski definition) is 5. The Kier molecular flexibility index (Phi) is 3.42. The fourth-order valence-electron chi connectivity index (χ4n) is 2.17. The zero-order chi connectivity index (χ0) is 13.1. The van der Waals surface area contributed by atoms with Crippen molar-refractivity contribution in [3.8, 4) is 6.07 Å². The van der Waals surface area contributed by atoms with Gasteiger partial charge in [-0.05, 0) is 32.3 Å². The largest absolute Gasteiger partial charge is 0.480 e. The average molecular weight is 246 g/mol. The monoisotopic (exact) mass is 246 g/mol. The summed E-state index contributed by atoms with van der Waals surface area (Å²) in [6.45, 7) is 2.39. The third-order valence-corrected chi connectivity index (χ3v) is 3.00. The zero-order valence-electron chi connectivity index (χ0n) is 10.1. The Hall–Kier alpha value is -2.16. The summed E-state index contributed by atoms with van der Waals surface area (Å²) in [6, 6.07) is 2.96. The van der Waals surface area contributed by atoms with Crippen molar-refractivity contribution in [2.75, 3.05) is 11.4 Å². The molecule has 6 heteroatoms. The molecule has 1 N–H and O–H groups in total. The highest BCUT2D eigenvalue weighted by molar-refractivity contribution is 5.77. The molecule has 0 radical (unpaired) electrons. The number of rotatable bonds is 2. The van der Waals surface area contributed by atoms with E-state index >= 15 is 0 Å². The standard InChI is InChI=1S/C12H14N4O2/c1-8-6-9(7-13)15-12(14-8)16-5-3-2-4-10(16)11(17)18/h6,10H,2-5H2,1H3,(H,17,18). The van der Waals surface area contributed by atoms with Crippen molar-refractivity contribution in [3.63, 3.8) is 0 Å². The number of anilines is 1. The summed E-state index contributed by atoms with van der Waals surface area (Å²) >= 11 is 0. The molecule has 0 bridgehead atoms. The molecule has 1 fully saturated rings. The molecule has 1 atom stereocenters. The Labute approximate surface area is 105 Å². The predicted molar refractivity (Wildman–Crippen MR) is 64.1 cm³/mol. The number of piperidine rings is 1. The molecule has 0 amide bonds. The van der Waals surface area contributed by atoms with Crippen molar-refractivity contribution >= 4 is 11.9 Å². The van der Waals surface area contributed by atoms with E-state index in [1.807, 2.05) is 6.07 Å². The van der Waals surface area contributed by atoms with E-state index in [9.17, 15) is 9.90 Å². The van der Waals surface area contributed by atoms with Crippen LogP contribution < -0.4 is 4.90 Å². The summed E-state index contributed by atoms with van der Waals surface area (Å²) in [5, 5.41) is 18.1. The van der Waals surface area contributed by atoms with Crippen molar-refractivity contribution in [3.05, 3.63) is 17.5 Å². The maximum Gasteiger partial charge on any atom is 0.326 e. The third kappa shape index (κ3) is 2.40. The number of hydrogen-bond donors (Lipinski definition) is 1. The Bertz CT molecular complexity index is 509. The topological polar surface area (TPSA) is 90.1 Å². The minimum absolute atomic E-state index is 0.271. The maximum atomic E-state index is 11.2. The lowest BCUT2D eigenvalue weighted by Gasteiger charge is -2.32. The summed E-state index contributed by atoms with van der Waals surface area (Å²) in [5.41, 5.74) is 0.943. The minimum atomic E-state index is -0.863. The molecule has 1 aromatic heterocycles. The van der Waals surface area contributed by atoms with Crippen LogP contribution in [0.4, 0.5) is 5.95 Å². The van der Waals surface area contributed by atoms with Gasteiger partial charge in [-0.2, -0.15) is 5.26 Å². The second kappa shape index (κ2) is 5.00. The first-order valence-electron chi connectivity index (χ1n) is 5.87. The van der Waals surface area contributed by atoms with Crippen LogP contribution in [0, 0.1) is 18.3 Å². The maximum absolute atomic E-state index is 11.2. The van der Waals surface area contributed by atoms with E-state index < -0.39 is 12.0 Å². The molecular weight excluding hydrogens is 232 g/mol. The van der Waals surface area contributed by atoms with Crippen LogP contribution >= 0.6 is 0 Å². The zero-order valence-corrected chi connectivity index (χ0v) is 10.1. The predicted octanol–water partition coefficient (Wildman–Crippen LogP) is 1.10. The molecule has 1 unspecified atom stereocenters. The summed E-state index contributed by atoms with van der Waals surface area (Å²) in [6.07, 6.45) is 2.40. The molecule has 1 aliphatic heterocycles. The van der Waals surface area contributed by atoms with Gasteiger partial charge < -0.3 is 10.0 Å². The Morgan fingerprint density at radius 3 is 3.00 bits per heavy atom. The minimum Gasteiger partial charge on any atom is -0.480 e. The van der Waals surface area contributed by atoms with Gasteiger partial charge in [0.25, 0.3) is 0 Å². The molecule has 0 aromatic carbocycles. The van der Waals surface area contributed by atoms with E-state index in [-0.39, 0.29) is 5.69 Å². The van der Waals surface area contributed by atoms with Crippen molar-refractivity contribution in [1.29, 1.82) is 5.26 Å². The number of nitrogens with zero attached hydrogens (tertiary/aromatic N) is 4. The van der Waals surface area contributed by atoms with Gasteiger partial charge in [0.05, 0.1) is 0 Å². The van der Waals surface area contributed by atoms with Crippen LogP contribution in [-0.2, 0) is 4.79 Å². The van der Waals surface area contributed by atoms with Crippen LogP contribution in [0.15, 0.2) is 6.07 Å². The van der Waals surface area contributed by atoms with Gasteiger partial charge in [-0.3, -0.25) is 0 Å². The number of carbonyl (C=O) groups is 1. The molecule has 2 rings (SSSR count). The fraction of sp³-hybridized carbons (Fsp3) is 0.500. The fourth-order valence-corrected chi connectivity index (χ4v) is 2.17. The van der Waals surface area contributed by atoms with E-state index in [1.54, 1.807) is 17.9 Å². The second-order valence-electron chi connectivity index (χ2n) is 4.35. The van der Waals surface area contributed by atoms with Gasteiger partial charge in [0.2, 0.25) is 5.95 Å². The SMILES string of the molecule is Cc1cc(C#N)nc(N2CCCCC2C(=O)O)n1. The molecule has 6 nitrogen and oxygen atoms in total. The first kappa shape index (κ1) is 12.3. The van der Waals surface area contributed by atoms with Crippen molar-refractivity contribution in [2.24, 2.45) is 0 Å². The Morgan fingerprint density at radius 1 is 1.56 bits per heavy atom. The van der Waals surface area contributed by atoms with Crippen molar-refractivity contribution in [2.45, 2.75) is 32.2 Å². The van der Waals surface area contributed by atoms with Gasteiger partial charge >= 0.3 is 5.97 Å². The molecular formula is C12H14N4O2. The summed E-state index contributed by atoms with van der Waals surface area (Å²) in [7, 11) is 0. The van der Waals surface area contributed by atoms with Crippen molar-refractivity contribution in [1.82, 2.24) is 9.97 Å². The second-order valence-corrected chi connectivity index (χ2v) is 4.35. The van der Waals surface area contributed by atoms with E-state index in [2.05, 4.69) is 9.97 Å². The lowest BCUT2D eigenvalue weighted by atomic mass is 10.0. The van der Waals surface area contributed by atoms with Crippen LogP contribution in [0.1, 0.15) is 30.7 Å².